The molecule has 0 aliphatic heterocycles. The Hall–Kier alpha value is -2.89. The lowest BCUT2D eigenvalue weighted by Gasteiger charge is -2.29. The summed E-state index contributed by atoms with van der Waals surface area (Å²) < 4.78 is 19.8. The summed E-state index contributed by atoms with van der Waals surface area (Å²) >= 11 is 0. The van der Waals surface area contributed by atoms with Crippen LogP contribution in [0.2, 0.25) is 0 Å². The second kappa shape index (κ2) is 10.6. The molecule has 0 aliphatic rings. The van der Waals surface area contributed by atoms with Crippen LogP contribution in [0.25, 0.3) is 0 Å². The molecule has 0 saturated carbocycles. The fraction of sp³-hybridized carbons (Fsp3) is 0.391. The number of carbonyl (C=O) groups is 2. The van der Waals surface area contributed by atoms with Gasteiger partial charge < -0.3 is 15.0 Å². The molecule has 0 bridgehead atoms. The smallest absolute Gasteiger partial charge is 0.261 e. The van der Waals surface area contributed by atoms with Gasteiger partial charge in [0.1, 0.15) is 17.6 Å². The van der Waals surface area contributed by atoms with Crippen molar-refractivity contribution in [2.75, 3.05) is 6.61 Å². The van der Waals surface area contributed by atoms with Gasteiger partial charge in [0.15, 0.2) is 6.61 Å². The van der Waals surface area contributed by atoms with Gasteiger partial charge in [-0.3, -0.25) is 9.59 Å². The van der Waals surface area contributed by atoms with Gasteiger partial charge in [-0.2, -0.15) is 0 Å². The molecule has 29 heavy (non-hydrogen) atoms. The molecule has 0 unspecified atom stereocenters. The molecule has 5 nitrogen and oxygen atoms in total. The van der Waals surface area contributed by atoms with Crippen LogP contribution in [0.1, 0.15) is 38.3 Å². The first-order valence-corrected chi connectivity index (χ1v) is 9.84. The molecule has 1 N–H and O–H groups in total. The molecule has 0 spiro atoms. The number of carbonyl (C=O) groups excluding carboxylic acids is 2. The minimum Gasteiger partial charge on any atom is -0.484 e. The van der Waals surface area contributed by atoms with Crippen LogP contribution in [0.5, 0.6) is 5.75 Å². The number of benzene rings is 2. The molecule has 0 radical (unpaired) electrons. The highest BCUT2D eigenvalue weighted by molar-refractivity contribution is 5.88. The van der Waals surface area contributed by atoms with E-state index in [0.717, 1.165) is 12.0 Å². The Balaban J connectivity index is 2.17. The van der Waals surface area contributed by atoms with Gasteiger partial charge in [0.25, 0.3) is 5.91 Å². The lowest BCUT2D eigenvalue weighted by atomic mass is 10.1. The fourth-order valence-electron chi connectivity index (χ4n) is 2.79. The van der Waals surface area contributed by atoms with Gasteiger partial charge in [0.2, 0.25) is 5.91 Å². The number of hydrogen-bond acceptors (Lipinski definition) is 3. The van der Waals surface area contributed by atoms with Crippen molar-refractivity contribution in [3.05, 3.63) is 65.5 Å². The highest BCUT2D eigenvalue weighted by Crippen LogP contribution is 2.16. The van der Waals surface area contributed by atoms with E-state index in [4.69, 9.17) is 4.74 Å². The van der Waals surface area contributed by atoms with Crippen molar-refractivity contribution in [3.8, 4) is 5.75 Å². The average molecular weight is 400 g/mol. The summed E-state index contributed by atoms with van der Waals surface area (Å²) in [6, 6.07) is 12.8. The van der Waals surface area contributed by atoms with Gasteiger partial charge in [-0.15, -0.1) is 0 Å². The molecule has 0 fully saturated rings. The van der Waals surface area contributed by atoms with Crippen LogP contribution in [0.15, 0.2) is 48.5 Å². The zero-order chi connectivity index (χ0) is 21.4. The van der Waals surface area contributed by atoms with Crippen LogP contribution in [-0.4, -0.2) is 35.4 Å². The Bertz CT molecular complexity index is 840. The van der Waals surface area contributed by atoms with Crippen molar-refractivity contribution in [1.82, 2.24) is 10.2 Å². The van der Waals surface area contributed by atoms with E-state index in [2.05, 4.69) is 5.32 Å². The van der Waals surface area contributed by atoms with Crippen molar-refractivity contribution >= 4 is 11.8 Å². The molecule has 0 aromatic heterocycles. The topological polar surface area (TPSA) is 58.6 Å². The minimum absolute atomic E-state index is 0.0149. The Kier molecular flexibility index (Phi) is 8.19. The maximum Gasteiger partial charge on any atom is 0.261 e. The second-order valence-electron chi connectivity index (χ2n) is 7.21. The van der Waals surface area contributed by atoms with Crippen LogP contribution in [0.3, 0.4) is 0 Å². The summed E-state index contributed by atoms with van der Waals surface area (Å²) in [6.45, 7) is 7.18. The zero-order valence-electron chi connectivity index (χ0n) is 17.4. The molecular formula is C23H29FN2O3. The summed E-state index contributed by atoms with van der Waals surface area (Å²) in [4.78, 5) is 26.9. The lowest BCUT2D eigenvalue weighted by molar-refractivity contribution is -0.142. The third kappa shape index (κ3) is 6.59. The Labute approximate surface area is 171 Å². The predicted octanol–water partition coefficient (Wildman–Crippen LogP) is 3.84. The molecule has 2 aromatic rings. The van der Waals surface area contributed by atoms with Crippen molar-refractivity contribution in [2.24, 2.45) is 0 Å². The van der Waals surface area contributed by atoms with Crippen molar-refractivity contribution in [1.29, 1.82) is 0 Å². The molecule has 2 atom stereocenters. The van der Waals surface area contributed by atoms with E-state index in [0.29, 0.717) is 11.3 Å². The summed E-state index contributed by atoms with van der Waals surface area (Å²) in [6.07, 6.45) is 0.774. The molecule has 2 amide bonds. The largest absolute Gasteiger partial charge is 0.484 e. The quantitative estimate of drug-likeness (QED) is 0.696. The number of nitrogens with zero attached hydrogens (tertiary/aromatic N) is 1. The Morgan fingerprint density at radius 1 is 1.14 bits per heavy atom. The van der Waals surface area contributed by atoms with Gasteiger partial charge >= 0.3 is 0 Å². The predicted molar refractivity (Wildman–Crippen MR) is 111 cm³/mol. The van der Waals surface area contributed by atoms with Gasteiger partial charge in [-0.25, -0.2) is 4.39 Å². The molecule has 0 saturated heterocycles. The van der Waals surface area contributed by atoms with Crippen molar-refractivity contribution in [3.63, 3.8) is 0 Å². The van der Waals surface area contributed by atoms with E-state index in [1.54, 1.807) is 31.2 Å². The first-order valence-electron chi connectivity index (χ1n) is 9.84. The van der Waals surface area contributed by atoms with E-state index in [-0.39, 0.29) is 31.0 Å². The maximum absolute atomic E-state index is 14.2. The molecule has 6 heteroatoms. The standard InChI is InChI=1S/C23H29FN2O3/c1-5-17(3)25-23(28)18(4)26(14-19-10-6-7-12-21(19)24)22(27)15-29-20-11-8-9-16(2)13-20/h6-13,17-18H,5,14-15H2,1-4H3,(H,25,28)/t17-,18-/m1/s1. The highest BCUT2D eigenvalue weighted by atomic mass is 19.1. The highest BCUT2D eigenvalue weighted by Gasteiger charge is 2.27. The maximum atomic E-state index is 14.2. The zero-order valence-corrected chi connectivity index (χ0v) is 17.4. The number of nitrogens with one attached hydrogen (secondary N) is 1. The third-order valence-electron chi connectivity index (χ3n) is 4.82. The number of hydrogen-bond donors (Lipinski definition) is 1. The van der Waals surface area contributed by atoms with Crippen LogP contribution < -0.4 is 10.1 Å². The number of aryl methyl sites for hydroxylation is 1. The number of halogens is 1. The molecule has 0 heterocycles. The third-order valence-corrected chi connectivity index (χ3v) is 4.82. The monoisotopic (exact) mass is 400 g/mol. The minimum atomic E-state index is -0.766. The van der Waals surface area contributed by atoms with Gasteiger partial charge in [0, 0.05) is 18.2 Å². The molecule has 2 rings (SSSR count). The first kappa shape index (κ1) is 22.4. The van der Waals surface area contributed by atoms with Crippen LogP contribution >= 0.6 is 0 Å². The number of rotatable bonds is 9. The summed E-state index contributed by atoms with van der Waals surface area (Å²) in [5.74, 6) is -0.513. The molecule has 156 valence electrons. The van der Waals surface area contributed by atoms with E-state index >= 15 is 0 Å². The number of ether oxygens (including phenoxy) is 1. The van der Waals surface area contributed by atoms with Gasteiger partial charge in [-0.1, -0.05) is 37.3 Å². The van der Waals surface area contributed by atoms with E-state index in [9.17, 15) is 14.0 Å². The summed E-state index contributed by atoms with van der Waals surface area (Å²) in [5.41, 5.74) is 1.36. The van der Waals surface area contributed by atoms with Gasteiger partial charge in [-0.05, 0) is 51.0 Å². The first-order chi connectivity index (χ1) is 13.8. The summed E-state index contributed by atoms with van der Waals surface area (Å²) in [5, 5.41) is 2.88. The van der Waals surface area contributed by atoms with E-state index < -0.39 is 11.9 Å². The number of amides is 2. The van der Waals surface area contributed by atoms with Crippen molar-refractivity contribution in [2.45, 2.75) is 52.7 Å². The van der Waals surface area contributed by atoms with Crippen LogP contribution in [-0.2, 0) is 16.1 Å². The van der Waals surface area contributed by atoms with Crippen LogP contribution in [0, 0.1) is 12.7 Å². The van der Waals surface area contributed by atoms with Gasteiger partial charge in [0.05, 0.1) is 0 Å². The normalized spacial score (nSPS) is 12.7. The SMILES string of the molecule is CC[C@@H](C)NC(=O)[C@@H](C)N(Cc1ccccc1F)C(=O)COc1cccc(C)c1. The average Bonchev–Trinajstić information content (AvgIpc) is 2.70. The lowest BCUT2D eigenvalue weighted by Crippen LogP contribution is -2.50. The Morgan fingerprint density at radius 3 is 2.52 bits per heavy atom. The molecular weight excluding hydrogens is 371 g/mol. The molecule has 2 aromatic carbocycles. The second-order valence-corrected chi connectivity index (χ2v) is 7.21. The van der Waals surface area contributed by atoms with E-state index in [1.807, 2.05) is 39.0 Å². The van der Waals surface area contributed by atoms with Crippen molar-refractivity contribution < 1.29 is 18.7 Å². The summed E-state index contributed by atoms with van der Waals surface area (Å²) in [7, 11) is 0. The van der Waals surface area contributed by atoms with Crippen LogP contribution in [0.4, 0.5) is 4.39 Å². The Morgan fingerprint density at radius 2 is 1.86 bits per heavy atom. The van der Waals surface area contributed by atoms with E-state index in [1.165, 1.54) is 11.0 Å². The fourth-order valence-corrected chi connectivity index (χ4v) is 2.79. The molecule has 0 aliphatic carbocycles.